The number of nitrogens with one attached hydrogen (secondary N) is 1. The molecule has 1 aromatic carbocycles. The monoisotopic (exact) mass is 334 g/mol. The number of nitrogens with zero attached hydrogens (tertiary/aromatic N) is 1. The number of hydrogen-bond donors (Lipinski definition) is 1. The predicted molar refractivity (Wildman–Crippen MR) is 96.3 cm³/mol. The standard InChI is InChI=1S/C19H30N2O3/c1-7-21(11-18(22)20-14(4)5)19(23)12-24-17-10-16(13(2)3)9-8-15(17)6/h8-10,13-14H,7,11-12H2,1-6H3,(H,20,22). The van der Waals surface area contributed by atoms with Gasteiger partial charge in [0.15, 0.2) is 6.61 Å². The number of ether oxygens (including phenoxy) is 1. The van der Waals surface area contributed by atoms with Crippen LogP contribution < -0.4 is 10.1 Å². The highest BCUT2D eigenvalue weighted by atomic mass is 16.5. The molecule has 0 saturated heterocycles. The highest BCUT2D eigenvalue weighted by Crippen LogP contribution is 2.24. The molecule has 0 unspecified atom stereocenters. The van der Waals surface area contributed by atoms with Crippen molar-refractivity contribution in [1.29, 1.82) is 0 Å². The topological polar surface area (TPSA) is 58.6 Å². The Labute approximate surface area is 145 Å². The summed E-state index contributed by atoms with van der Waals surface area (Å²) in [6.07, 6.45) is 0. The van der Waals surface area contributed by atoms with Gasteiger partial charge in [0.1, 0.15) is 5.75 Å². The molecule has 5 heteroatoms. The molecule has 0 fully saturated rings. The Bertz CT molecular complexity index is 568. The first-order valence-electron chi connectivity index (χ1n) is 8.55. The van der Waals surface area contributed by atoms with Crippen molar-refractivity contribution in [2.24, 2.45) is 0 Å². The van der Waals surface area contributed by atoms with E-state index >= 15 is 0 Å². The number of carbonyl (C=O) groups is 2. The van der Waals surface area contributed by atoms with Crippen molar-refractivity contribution in [3.8, 4) is 5.75 Å². The zero-order valence-corrected chi connectivity index (χ0v) is 15.7. The first-order valence-corrected chi connectivity index (χ1v) is 8.55. The quantitative estimate of drug-likeness (QED) is 0.795. The number of benzene rings is 1. The number of rotatable bonds is 8. The van der Waals surface area contributed by atoms with Crippen molar-refractivity contribution in [2.45, 2.75) is 53.5 Å². The molecule has 1 N–H and O–H groups in total. The van der Waals surface area contributed by atoms with Crippen molar-refractivity contribution >= 4 is 11.8 Å². The molecule has 0 heterocycles. The Balaban J connectivity index is 2.66. The highest BCUT2D eigenvalue weighted by molar-refractivity contribution is 5.85. The number of aryl methyl sites for hydroxylation is 1. The molecular formula is C19H30N2O3. The Hall–Kier alpha value is -2.04. The minimum Gasteiger partial charge on any atom is -0.483 e. The molecule has 0 aromatic heterocycles. The predicted octanol–water partition coefficient (Wildman–Crippen LogP) is 2.87. The molecule has 2 amide bonds. The van der Waals surface area contributed by atoms with E-state index in [1.165, 1.54) is 10.5 Å². The molecule has 0 bridgehead atoms. The van der Waals surface area contributed by atoms with Crippen LogP contribution in [0.2, 0.25) is 0 Å². The van der Waals surface area contributed by atoms with E-state index in [1.807, 2.05) is 39.8 Å². The Morgan fingerprint density at radius 2 is 1.88 bits per heavy atom. The third-order valence-corrected chi connectivity index (χ3v) is 3.75. The largest absolute Gasteiger partial charge is 0.483 e. The molecule has 0 radical (unpaired) electrons. The molecule has 0 atom stereocenters. The first kappa shape index (κ1) is 20.0. The molecule has 0 aliphatic rings. The van der Waals surface area contributed by atoms with Crippen LogP contribution in [0.25, 0.3) is 0 Å². The van der Waals surface area contributed by atoms with E-state index < -0.39 is 0 Å². The van der Waals surface area contributed by atoms with Crippen LogP contribution in [0.1, 0.15) is 51.7 Å². The van der Waals surface area contributed by atoms with Gasteiger partial charge >= 0.3 is 0 Å². The molecule has 1 rings (SSSR count). The van der Waals surface area contributed by atoms with Crippen LogP contribution in [-0.2, 0) is 9.59 Å². The van der Waals surface area contributed by atoms with E-state index in [1.54, 1.807) is 0 Å². The zero-order valence-electron chi connectivity index (χ0n) is 15.7. The van der Waals surface area contributed by atoms with E-state index in [0.717, 1.165) is 11.3 Å². The molecule has 1 aromatic rings. The average molecular weight is 334 g/mol. The van der Waals surface area contributed by atoms with E-state index in [4.69, 9.17) is 4.74 Å². The summed E-state index contributed by atoms with van der Waals surface area (Å²) < 4.78 is 5.71. The lowest BCUT2D eigenvalue weighted by Crippen LogP contribution is -2.44. The smallest absolute Gasteiger partial charge is 0.260 e. The summed E-state index contributed by atoms with van der Waals surface area (Å²) in [5, 5.41) is 2.79. The van der Waals surface area contributed by atoms with Crippen molar-refractivity contribution in [3.63, 3.8) is 0 Å². The maximum Gasteiger partial charge on any atom is 0.260 e. The fraction of sp³-hybridized carbons (Fsp3) is 0.579. The van der Waals surface area contributed by atoms with Crippen LogP contribution in [0.5, 0.6) is 5.75 Å². The third-order valence-electron chi connectivity index (χ3n) is 3.75. The second-order valence-corrected chi connectivity index (χ2v) is 6.60. The van der Waals surface area contributed by atoms with E-state index in [2.05, 4.69) is 25.2 Å². The lowest BCUT2D eigenvalue weighted by molar-refractivity contribution is -0.137. The normalized spacial score (nSPS) is 10.8. The number of hydrogen-bond acceptors (Lipinski definition) is 3. The first-order chi connectivity index (χ1) is 11.2. The third kappa shape index (κ3) is 6.22. The fourth-order valence-corrected chi connectivity index (χ4v) is 2.28. The zero-order chi connectivity index (χ0) is 18.3. The van der Waals surface area contributed by atoms with Gasteiger partial charge in [-0.2, -0.15) is 0 Å². The van der Waals surface area contributed by atoms with Crippen LogP contribution in [0.4, 0.5) is 0 Å². The fourth-order valence-electron chi connectivity index (χ4n) is 2.28. The lowest BCUT2D eigenvalue weighted by atomic mass is 10.0. The molecule has 24 heavy (non-hydrogen) atoms. The van der Waals surface area contributed by atoms with Crippen LogP contribution >= 0.6 is 0 Å². The molecule has 0 saturated carbocycles. The molecule has 0 spiro atoms. The Kier molecular flexibility index (Phi) is 7.75. The summed E-state index contributed by atoms with van der Waals surface area (Å²) in [6, 6.07) is 6.12. The van der Waals surface area contributed by atoms with Gasteiger partial charge in [0.05, 0.1) is 6.54 Å². The van der Waals surface area contributed by atoms with Crippen molar-refractivity contribution in [3.05, 3.63) is 29.3 Å². The van der Waals surface area contributed by atoms with Crippen LogP contribution in [0, 0.1) is 6.92 Å². The maximum atomic E-state index is 12.3. The van der Waals surface area contributed by atoms with Crippen molar-refractivity contribution in [2.75, 3.05) is 19.7 Å². The second kappa shape index (κ2) is 9.30. The molecule has 134 valence electrons. The summed E-state index contributed by atoms with van der Waals surface area (Å²) in [5.74, 6) is 0.775. The van der Waals surface area contributed by atoms with Crippen LogP contribution in [0.3, 0.4) is 0 Å². The molecule has 0 aliphatic heterocycles. The van der Waals surface area contributed by atoms with Gasteiger partial charge in [0.25, 0.3) is 5.91 Å². The maximum absolute atomic E-state index is 12.3. The summed E-state index contributed by atoms with van der Waals surface area (Å²) >= 11 is 0. The van der Waals surface area contributed by atoms with Gasteiger partial charge in [0, 0.05) is 12.6 Å². The van der Waals surface area contributed by atoms with Gasteiger partial charge in [-0.15, -0.1) is 0 Å². The Morgan fingerprint density at radius 1 is 1.21 bits per heavy atom. The summed E-state index contributed by atoms with van der Waals surface area (Å²) in [4.78, 5) is 25.6. The number of amides is 2. The minimum atomic E-state index is -0.189. The Morgan fingerprint density at radius 3 is 2.42 bits per heavy atom. The minimum absolute atomic E-state index is 0.0574. The summed E-state index contributed by atoms with van der Waals surface area (Å²) in [6.45, 7) is 12.3. The molecule has 5 nitrogen and oxygen atoms in total. The van der Waals surface area contributed by atoms with Crippen LogP contribution in [0.15, 0.2) is 18.2 Å². The molecule has 0 aliphatic carbocycles. The van der Waals surface area contributed by atoms with Gasteiger partial charge in [-0.25, -0.2) is 0 Å². The van der Waals surface area contributed by atoms with E-state index in [9.17, 15) is 9.59 Å². The van der Waals surface area contributed by atoms with Crippen LogP contribution in [-0.4, -0.2) is 42.5 Å². The van der Waals surface area contributed by atoms with Gasteiger partial charge < -0.3 is 15.0 Å². The van der Waals surface area contributed by atoms with Gasteiger partial charge in [-0.1, -0.05) is 26.0 Å². The second-order valence-electron chi connectivity index (χ2n) is 6.60. The van der Waals surface area contributed by atoms with E-state index in [0.29, 0.717) is 12.5 Å². The average Bonchev–Trinajstić information content (AvgIpc) is 2.50. The van der Waals surface area contributed by atoms with Crippen molar-refractivity contribution in [1.82, 2.24) is 10.2 Å². The van der Waals surface area contributed by atoms with E-state index in [-0.39, 0.29) is 31.0 Å². The highest BCUT2D eigenvalue weighted by Gasteiger charge is 2.17. The summed E-state index contributed by atoms with van der Waals surface area (Å²) in [7, 11) is 0. The van der Waals surface area contributed by atoms with Gasteiger partial charge in [-0.3, -0.25) is 9.59 Å². The number of carbonyl (C=O) groups excluding carboxylic acids is 2. The van der Waals surface area contributed by atoms with Gasteiger partial charge in [-0.05, 0) is 50.8 Å². The summed E-state index contributed by atoms with van der Waals surface area (Å²) in [5.41, 5.74) is 2.17. The van der Waals surface area contributed by atoms with Gasteiger partial charge in [0.2, 0.25) is 5.91 Å². The van der Waals surface area contributed by atoms with Crippen molar-refractivity contribution < 1.29 is 14.3 Å². The molecular weight excluding hydrogens is 304 g/mol. The number of likely N-dealkylation sites (N-methyl/N-ethyl adjacent to an activating group) is 1. The lowest BCUT2D eigenvalue weighted by Gasteiger charge is -2.21. The SMILES string of the molecule is CCN(CC(=O)NC(C)C)C(=O)COc1cc(C(C)C)ccc1C.